The number of nitrogens with zero attached hydrogens (tertiary/aromatic N) is 4. The van der Waals surface area contributed by atoms with Gasteiger partial charge in [0.25, 0.3) is 5.91 Å². The first-order chi connectivity index (χ1) is 13.8. The van der Waals surface area contributed by atoms with Crippen molar-refractivity contribution >= 4 is 5.91 Å². The van der Waals surface area contributed by atoms with E-state index < -0.39 is 11.7 Å². The van der Waals surface area contributed by atoms with E-state index in [2.05, 4.69) is 10.1 Å². The number of carbonyl (C=O) groups is 1. The van der Waals surface area contributed by atoms with Crippen LogP contribution in [-0.4, -0.2) is 34.0 Å². The molecule has 1 aliphatic heterocycles. The molecule has 1 aliphatic rings. The third-order valence-corrected chi connectivity index (χ3v) is 4.67. The highest BCUT2D eigenvalue weighted by Crippen LogP contribution is 2.33. The molecule has 0 radical (unpaired) electrons. The molecule has 4 rings (SSSR count). The average Bonchev–Trinajstić information content (AvgIpc) is 3.16. The van der Waals surface area contributed by atoms with Gasteiger partial charge in [-0.2, -0.15) is 23.4 Å². The summed E-state index contributed by atoms with van der Waals surface area (Å²) < 4.78 is 43.8. The second-order valence-electron chi connectivity index (χ2n) is 6.63. The van der Waals surface area contributed by atoms with Crippen molar-refractivity contribution in [2.45, 2.75) is 12.1 Å². The van der Waals surface area contributed by atoms with E-state index in [1.807, 2.05) is 6.07 Å². The number of nitriles is 1. The number of alkyl halides is 3. The molecule has 0 bridgehead atoms. The number of benzene rings is 2. The molecule has 1 amide bonds. The Kier molecular flexibility index (Phi) is 4.54. The molecule has 0 unspecified atom stereocenters. The van der Waals surface area contributed by atoms with Crippen LogP contribution in [0.25, 0.3) is 11.4 Å². The SMILES string of the molecule is N#Cc1ccc(C(=O)N2CC(c3nc(-c4cccc(C(F)(F)F)c4)no3)C2)cc1. The Bertz CT molecular complexity index is 1090. The number of halogens is 3. The standard InChI is InChI=1S/C20H13F3N4O2/c21-20(22,23)16-3-1-2-14(8-16)17-25-18(29-26-17)15-10-27(11-15)19(28)13-6-4-12(9-24)5-7-13/h1-8,15H,10-11H2. The molecule has 29 heavy (non-hydrogen) atoms. The average molecular weight is 398 g/mol. The lowest BCUT2D eigenvalue weighted by atomic mass is 9.98. The van der Waals surface area contributed by atoms with Crippen LogP contribution < -0.4 is 0 Å². The van der Waals surface area contributed by atoms with Crippen LogP contribution in [0, 0.1) is 11.3 Å². The van der Waals surface area contributed by atoms with Crippen LogP contribution in [0.1, 0.15) is 33.3 Å². The van der Waals surface area contributed by atoms with Crippen LogP contribution in [0.5, 0.6) is 0 Å². The Labute approximate surface area is 163 Å². The fourth-order valence-corrected chi connectivity index (χ4v) is 3.02. The highest BCUT2D eigenvalue weighted by atomic mass is 19.4. The monoisotopic (exact) mass is 398 g/mol. The molecule has 2 aromatic carbocycles. The molecule has 1 fully saturated rings. The molecule has 0 aliphatic carbocycles. The van der Waals surface area contributed by atoms with Crippen molar-refractivity contribution in [1.29, 1.82) is 5.26 Å². The minimum Gasteiger partial charge on any atom is -0.339 e. The second-order valence-corrected chi connectivity index (χ2v) is 6.63. The van der Waals surface area contributed by atoms with Crippen molar-refractivity contribution in [3.05, 3.63) is 71.1 Å². The highest BCUT2D eigenvalue weighted by Gasteiger charge is 2.36. The summed E-state index contributed by atoms with van der Waals surface area (Å²) in [6.07, 6.45) is -4.46. The summed E-state index contributed by atoms with van der Waals surface area (Å²) in [5.41, 5.74) is 0.359. The summed E-state index contributed by atoms with van der Waals surface area (Å²) in [6, 6.07) is 13.0. The van der Waals surface area contributed by atoms with Gasteiger partial charge in [0.05, 0.1) is 23.1 Å². The van der Waals surface area contributed by atoms with Crippen molar-refractivity contribution in [2.24, 2.45) is 0 Å². The van der Waals surface area contributed by atoms with Crippen LogP contribution in [0.4, 0.5) is 13.2 Å². The first-order valence-electron chi connectivity index (χ1n) is 8.66. The summed E-state index contributed by atoms with van der Waals surface area (Å²) in [7, 11) is 0. The van der Waals surface area contributed by atoms with Gasteiger partial charge in [0.1, 0.15) is 0 Å². The van der Waals surface area contributed by atoms with Crippen molar-refractivity contribution in [3.63, 3.8) is 0 Å². The van der Waals surface area contributed by atoms with Gasteiger partial charge < -0.3 is 9.42 Å². The topological polar surface area (TPSA) is 83.0 Å². The fraction of sp³-hybridized carbons (Fsp3) is 0.200. The summed E-state index contributed by atoms with van der Waals surface area (Å²) >= 11 is 0. The zero-order valence-corrected chi connectivity index (χ0v) is 14.8. The maximum Gasteiger partial charge on any atom is 0.416 e. The first kappa shape index (κ1) is 18.7. The lowest BCUT2D eigenvalue weighted by Gasteiger charge is -2.37. The molecule has 1 saturated heterocycles. The summed E-state index contributed by atoms with van der Waals surface area (Å²) in [6.45, 7) is 0.728. The minimum atomic E-state index is -4.46. The fourth-order valence-electron chi connectivity index (χ4n) is 3.02. The molecule has 9 heteroatoms. The lowest BCUT2D eigenvalue weighted by molar-refractivity contribution is -0.137. The summed E-state index contributed by atoms with van der Waals surface area (Å²) in [4.78, 5) is 18.2. The Hall–Kier alpha value is -3.67. The van der Waals surface area contributed by atoms with E-state index in [-0.39, 0.29) is 29.1 Å². The molecule has 0 spiro atoms. The molecule has 1 aromatic heterocycles. The number of likely N-dealkylation sites (tertiary alicyclic amines) is 1. The third-order valence-electron chi connectivity index (χ3n) is 4.67. The Morgan fingerprint density at radius 2 is 1.90 bits per heavy atom. The van der Waals surface area contributed by atoms with E-state index in [1.54, 1.807) is 29.2 Å². The lowest BCUT2D eigenvalue weighted by Crippen LogP contribution is -2.48. The zero-order chi connectivity index (χ0) is 20.6. The molecule has 6 nitrogen and oxygen atoms in total. The molecule has 0 saturated carbocycles. The Morgan fingerprint density at radius 1 is 1.17 bits per heavy atom. The molecule has 2 heterocycles. The molecule has 0 N–H and O–H groups in total. The maximum atomic E-state index is 12.9. The number of aromatic nitrogens is 2. The van der Waals surface area contributed by atoms with Gasteiger partial charge in [0.2, 0.25) is 11.7 Å². The number of rotatable bonds is 3. The Morgan fingerprint density at radius 3 is 2.55 bits per heavy atom. The van der Waals surface area contributed by atoms with E-state index >= 15 is 0 Å². The number of carbonyl (C=O) groups excluding carboxylic acids is 1. The minimum absolute atomic E-state index is 0.0722. The van der Waals surface area contributed by atoms with E-state index in [0.717, 1.165) is 12.1 Å². The maximum absolute atomic E-state index is 12.9. The number of hydrogen-bond acceptors (Lipinski definition) is 5. The van der Waals surface area contributed by atoms with Gasteiger partial charge in [-0.1, -0.05) is 17.3 Å². The molecular weight excluding hydrogens is 385 g/mol. The molecule has 3 aromatic rings. The third kappa shape index (κ3) is 3.69. The first-order valence-corrected chi connectivity index (χ1v) is 8.66. The van der Waals surface area contributed by atoms with Gasteiger partial charge in [-0.15, -0.1) is 0 Å². The molecule has 0 atom stereocenters. The molecular formula is C20H13F3N4O2. The van der Waals surface area contributed by atoms with E-state index in [1.165, 1.54) is 12.1 Å². The van der Waals surface area contributed by atoms with Crippen molar-refractivity contribution in [1.82, 2.24) is 15.0 Å². The number of hydrogen-bond donors (Lipinski definition) is 0. The van der Waals surface area contributed by atoms with Gasteiger partial charge in [-0.25, -0.2) is 0 Å². The van der Waals surface area contributed by atoms with Gasteiger partial charge in [0, 0.05) is 24.2 Å². The van der Waals surface area contributed by atoms with Crippen LogP contribution >= 0.6 is 0 Å². The van der Waals surface area contributed by atoms with Crippen molar-refractivity contribution in [3.8, 4) is 17.5 Å². The van der Waals surface area contributed by atoms with E-state index in [0.29, 0.717) is 24.2 Å². The molecule has 146 valence electrons. The second kappa shape index (κ2) is 7.05. The summed E-state index contributed by atoms with van der Waals surface area (Å²) in [5.74, 6) is -0.00278. The number of amides is 1. The van der Waals surface area contributed by atoms with Gasteiger partial charge in [0.15, 0.2) is 0 Å². The Balaban J connectivity index is 1.43. The quantitative estimate of drug-likeness (QED) is 0.669. The normalized spacial score (nSPS) is 14.3. The van der Waals surface area contributed by atoms with Crippen molar-refractivity contribution < 1.29 is 22.5 Å². The van der Waals surface area contributed by atoms with Crippen molar-refractivity contribution in [2.75, 3.05) is 13.1 Å². The van der Waals surface area contributed by atoms with Crippen LogP contribution in [0.3, 0.4) is 0 Å². The van der Waals surface area contributed by atoms with Crippen LogP contribution in [0.2, 0.25) is 0 Å². The predicted octanol–water partition coefficient (Wildman–Crippen LogP) is 3.87. The zero-order valence-electron chi connectivity index (χ0n) is 14.8. The van der Waals surface area contributed by atoms with E-state index in [4.69, 9.17) is 9.78 Å². The van der Waals surface area contributed by atoms with E-state index in [9.17, 15) is 18.0 Å². The van der Waals surface area contributed by atoms with Gasteiger partial charge in [-0.05, 0) is 36.4 Å². The van der Waals surface area contributed by atoms with Gasteiger partial charge >= 0.3 is 6.18 Å². The van der Waals surface area contributed by atoms with Crippen LogP contribution in [-0.2, 0) is 6.18 Å². The summed E-state index contributed by atoms with van der Waals surface area (Å²) in [5, 5.41) is 12.6. The highest BCUT2D eigenvalue weighted by molar-refractivity contribution is 5.95. The largest absolute Gasteiger partial charge is 0.416 e. The smallest absolute Gasteiger partial charge is 0.339 e. The van der Waals surface area contributed by atoms with Gasteiger partial charge in [-0.3, -0.25) is 4.79 Å². The predicted molar refractivity (Wildman–Crippen MR) is 94.5 cm³/mol. The van der Waals surface area contributed by atoms with Crippen LogP contribution in [0.15, 0.2) is 53.1 Å².